The van der Waals surface area contributed by atoms with E-state index in [1.165, 1.54) is 109 Å². The van der Waals surface area contributed by atoms with E-state index in [-0.39, 0.29) is 17.5 Å². The third-order valence-electron chi connectivity index (χ3n) is 11.1. The Bertz CT molecular complexity index is 2470. The van der Waals surface area contributed by atoms with Crippen LogP contribution < -0.4 is 16.4 Å². The SMILES string of the molecule is CC(C)(C)c1cc2c3c(c1)-c1cccc4cc5c6cc(C(C)(C)C)cc7c8cc9cccc-2c9c2c8n(c5c(c14)B32)c76. The maximum absolute atomic E-state index is 2.69. The van der Waals surface area contributed by atoms with Crippen LogP contribution in [0.1, 0.15) is 52.7 Å². The molecule has 0 saturated carbocycles. The molecule has 198 valence electrons. The van der Waals surface area contributed by atoms with Gasteiger partial charge in [-0.15, -0.1) is 0 Å². The van der Waals surface area contributed by atoms with Crippen molar-refractivity contribution in [1.29, 1.82) is 0 Å². The summed E-state index contributed by atoms with van der Waals surface area (Å²) in [5, 5.41) is 11.3. The standard InChI is InChI=1S/C40H30BN/c1-39(2,3)21-15-25-23-11-7-9-19-13-27-29-17-22(40(4,5)6)18-30-28-14-20-10-8-12-24-26(16-21)33(25)41-34(31(19)23)37(27)42(36(29)30)38(28)35(41)32(20)24/h7-18H,1-6H3. The number of benzene rings is 6. The molecule has 0 bridgehead atoms. The zero-order valence-electron chi connectivity index (χ0n) is 25.0. The predicted molar refractivity (Wildman–Crippen MR) is 183 cm³/mol. The van der Waals surface area contributed by atoms with Crippen LogP contribution in [0.25, 0.3) is 81.9 Å². The summed E-state index contributed by atoms with van der Waals surface area (Å²) in [5.74, 6) is 0. The molecule has 1 nitrogen and oxygen atoms in total. The lowest BCUT2D eigenvalue weighted by Gasteiger charge is -2.38. The first-order valence-electron chi connectivity index (χ1n) is 15.5. The zero-order chi connectivity index (χ0) is 28.2. The minimum Gasteiger partial charge on any atom is -0.309 e. The lowest BCUT2D eigenvalue weighted by atomic mass is 9.30. The molecule has 42 heavy (non-hydrogen) atoms. The van der Waals surface area contributed by atoms with Gasteiger partial charge in [0.05, 0.1) is 16.6 Å². The van der Waals surface area contributed by atoms with E-state index in [1.54, 1.807) is 0 Å². The zero-order valence-corrected chi connectivity index (χ0v) is 25.0. The van der Waals surface area contributed by atoms with E-state index in [1.807, 2.05) is 0 Å². The number of aromatic nitrogens is 1. The summed E-state index contributed by atoms with van der Waals surface area (Å²) in [5.41, 5.74) is 17.6. The van der Waals surface area contributed by atoms with Crippen molar-refractivity contribution in [3.63, 3.8) is 0 Å². The Morgan fingerprint density at radius 3 is 1.40 bits per heavy atom. The highest BCUT2D eigenvalue weighted by Gasteiger charge is 2.45. The van der Waals surface area contributed by atoms with Crippen molar-refractivity contribution < 1.29 is 0 Å². The van der Waals surface area contributed by atoms with Crippen molar-refractivity contribution in [2.45, 2.75) is 52.4 Å². The van der Waals surface area contributed by atoms with Crippen molar-refractivity contribution in [2.24, 2.45) is 0 Å². The molecule has 3 aliphatic heterocycles. The number of rotatable bonds is 0. The van der Waals surface area contributed by atoms with E-state index in [0.29, 0.717) is 0 Å². The fourth-order valence-electron chi connectivity index (χ4n) is 9.19. The van der Waals surface area contributed by atoms with Gasteiger partial charge in [0.25, 0.3) is 0 Å². The smallest absolute Gasteiger partial charge is 0.250 e. The Balaban J connectivity index is 1.52. The van der Waals surface area contributed by atoms with E-state index < -0.39 is 0 Å². The van der Waals surface area contributed by atoms with Gasteiger partial charge >= 0.3 is 0 Å². The molecule has 0 atom stereocenters. The normalized spacial score (nSPS) is 14.9. The Kier molecular flexibility index (Phi) is 3.39. The summed E-state index contributed by atoms with van der Waals surface area (Å²) < 4.78 is 2.69. The molecule has 0 unspecified atom stereocenters. The summed E-state index contributed by atoms with van der Waals surface area (Å²) in [4.78, 5) is 0. The molecule has 5 heterocycles. The third kappa shape index (κ3) is 2.20. The van der Waals surface area contributed by atoms with Crippen LogP contribution >= 0.6 is 0 Å². The highest BCUT2D eigenvalue weighted by molar-refractivity contribution is 7.04. The minimum absolute atomic E-state index is 0.0641. The molecule has 2 heteroatoms. The van der Waals surface area contributed by atoms with Gasteiger partial charge in [-0.2, -0.15) is 0 Å². The number of hydrogen-bond acceptors (Lipinski definition) is 0. The van der Waals surface area contributed by atoms with Gasteiger partial charge in [-0.05, 0) is 101 Å². The first-order valence-corrected chi connectivity index (χ1v) is 15.5. The van der Waals surface area contributed by atoms with Gasteiger partial charge in [-0.1, -0.05) is 95.5 Å². The van der Waals surface area contributed by atoms with E-state index in [2.05, 4.69) is 119 Å². The van der Waals surface area contributed by atoms with Gasteiger partial charge < -0.3 is 4.40 Å². The summed E-state index contributed by atoms with van der Waals surface area (Å²) in [6, 6.07) is 29.2. The highest BCUT2D eigenvalue weighted by atomic mass is 14.9. The Hall–Kier alpha value is -4.30. The van der Waals surface area contributed by atoms with Gasteiger partial charge in [-0.25, -0.2) is 0 Å². The molecule has 2 aromatic heterocycles. The van der Waals surface area contributed by atoms with Gasteiger partial charge in [0.1, 0.15) is 0 Å². The van der Waals surface area contributed by atoms with Crippen LogP contribution in [-0.4, -0.2) is 11.1 Å². The van der Waals surface area contributed by atoms with Crippen molar-refractivity contribution >= 4 is 82.7 Å². The molecular formula is C40H30BN. The molecular weight excluding hydrogens is 505 g/mol. The molecule has 0 saturated heterocycles. The molecule has 0 spiro atoms. The van der Waals surface area contributed by atoms with Crippen LogP contribution in [0.4, 0.5) is 0 Å². The summed E-state index contributed by atoms with van der Waals surface area (Å²) in [7, 11) is 0. The first-order chi connectivity index (χ1) is 20.1. The van der Waals surface area contributed by atoms with Gasteiger partial charge in [-0.3, -0.25) is 0 Å². The van der Waals surface area contributed by atoms with Crippen molar-refractivity contribution in [3.8, 4) is 22.3 Å². The largest absolute Gasteiger partial charge is 0.309 e. The molecule has 6 aromatic carbocycles. The Labute approximate surface area is 245 Å². The van der Waals surface area contributed by atoms with E-state index in [0.717, 1.165) is 0 Å². The molecule has 0 fully saturated rings. The van der Waals surface area contributed by atoms with Gasteiger partial charge in [0.2, 0.25) is 6.71 Å². The highest BCUT2D eigenvalue weighted by Crippen LogP contribution is 2.49. The second-order valence-electron chi connectivity index (χ2n) is 15.4. The fourth-order valence-corrected chi connectivity index (χ4v) is 9.19. The quantitative estimate of drug-likeness (QED) is 0.172. The molecule has 3 aliphatic rings. The minimum atomic E-state index is 0.0641. The van der Waals surface area contributed by atoms with Crippen LogP contribution in [0.2, 0.25) is 0 Å². The van der Waals surface area contributed by atoms with Crippen LogP contribution in [0.15, 0.2) is 72.8 Å². The van der Waals surface area contributed by atoms with E-state index in [9.17, 15) is 0 Å². The average Bonchev–Trinajstić information content (AvgIpc) is 3.46. The summed E-state index contributed by atoms with van der Waals surface area (Å²) in [6.07, 6.45) is 0. The summed E-state index contributed by atoms with van der Waals surface area (Å²) >= 11 is 0. The summed E-state index contributed by atoms with van der Waals surface area (Å²) in [6.45, 7) is 14.4. The monoisotopic (exact) mass is 535 g/mol. The Morgan fingerprint density at radius 2 is 0.929 bits per heavy atom. The number of fused-ring (bicyclic) bond motifs is 4. The number of hydrogen-bond donors (Lipinski definition) is 0. The van der Waals surface area contributed by atoms with Crippen molar-refractivity contribution in [1.82, 2.24) is 4.40 Å². The van der Waals surface area contributed by atoms with Gasteiger partial charge in [0, 0.05) is 21.5 Å². The molecule has 0 aliphatic carbocycles. The van der Waals surface area contributed by atoms with E-state index >= 15 is 0 Å². The molecule has 0 radical (unpaired) electrons. The molecule has 11 rings (SSSR count). The lowest BCUT2D eigenvalue weighted by Crippen LogP contribution is -2.59. The van der Waals surface area contributed by atoms with Crippen molar-refractivity contribution in [2.75, 3.05) is 0 Å². The first kappa shape index (κ1) is 22.3. The molecule has 8 aromatic rings. The maximum atomic E-state index is 2.69. The van der Waals surface area contributed by atoms with Crippen molar-refractivity contribution in [3.05, 3.63) is 83.9 Å². The Morgan fingerprint density at radius 1 is 0.476 bits per heavy atom. The molecule has 0 N–H and O–H groups in total. The number of nitrogens with zero attached hydrogens (tertiary/aromatic N) is 1. The molecule has 0 amide bonds. The van der Waals surface area contributed by atoms with Crippen LogP contribution in [0, 0.1) is 0 Å². The topological polar surface area (TPSA) is 4.41 Å². The third-order valence-corrected chi connectivity index (χ3v) is 11.1. The average molecular weight is 535 g/mol. The second-order valence-corrected chi connectivity index (χ2v) is 15.4. The van der Waals surface area contributed by atoms with Crippen LogP contribution in [0.5, 0.6) is 0 Å². The predicted octanol–water partition coefficient (Wildman–Crippen LogP) is 8.53. The van der Waals surface area contributed by atoms with Gasteiger partial charge in [0.15, 0.2) is 0 Å². The second kappa shape index (κ2) is 6.37. The fraction of sp³-hybridized carbons (Fsp3) is 0.200. The van der Waals surface area contributed by atoms with Crippen LogP contribution in [0.3, 0.4) is 0 Å². The maximum Gasteiger partial charge on any atom is 0.250 e. The van der Waals surface area contributed by atoms with Crippen LogP contribution in [-0.2, 0) is 10.8 Å². The van der Waals surface area contributed by atoms with E-state index in [4.69, 9.17) is 0 Å². The lowest BCUT2D eigenvalue weighted by molar-refractivity contribution is 0.591.